The summed E-state index contributed by atoms with van der Waals surface area (Å²) in [6.45, 7) is 0.492. The van der Waals surface area contributed by atoms with Crippen LogP contribution >= 0.6 is 0 Å². The molecule has 2 rings (SSSR count). The molecule has 5 heteroatoms. The molecule has 0 saturated heterocycles. The van der Waals surface area contributed by atoms with Crippen molar-refractivity contribution in [3.8, 4) is 0 Å². The number of nitrogens with zero attached hydrogens (tertiary/aromatic N) is 2. The molecule has 0 amide bonds. The maximum atomic E-state index is 9.75. The van der Waals surface area contributed by atoms with E-state index in [4.69, 9.17) is 0 Å². The van der Waals surface area contributed by atoms with Crippen molar-refractivity contribution in [2.45, 2.75) is 6.10 Å². The van der Waals surface area contributed by atoms with Crippen molar-refractivity contribution >= 4 is 11.0 Å². The van der Waals surface area contributed by atoms with Gasteiger partial charge in [-0.25, -0.2) is 4.98 Å². The number of aromatic amines is 1. The molecule has 2 heterocycles. The first kappa shape index (κ1) is 9.11. The lowest BCUT2D eigenvalue weighted by Gasteiger charge is -2.06. The molecule has 0 aliphatic heterocycles. The van der Waals surface area contributed by atoms with Gasteiger partial charge in [0.1, 0.15) is 6.10 Å². The van der Waals surface area contributed by atoms with Crippen molar-refractivity contribution < 1.29 is 5.11 Å². The van der Waals surface area contributed by atoms with Crippen LogP contribution in [0.5, 0.6) is 0 Å². The fraction of sp³-hybridized carbons (Fsp3) is 0.333. The van der Waals surface area contributed by atoms with Gasteiger partial charge < -0.3 is 10.4 Å². The number of hydrogen-bond donors (Lipinski definition) is 3. The van der Waals surface area contributed by atoms with Crippen LogP contribution in [0, 0.1) is 0 Å². The van der Waals surface area contributed by atoms with Crippen LogP contribution in [-0.4, -0.2) is 33.9 Å². The van der Waals surface area contributed by atoms with Crippen LogP contribution in [0.25, 0.3) is 11.0 Å². The minimum atomic E-state index is -0.575. The summed E-state index contributed by atoms with van der Waals surface area (Å²) in [7, 11) is 1.79. The van der Waals surface area contributed by atoms with Crippen LogP contribution in [0.4, 0.5) is 0 Å². The SMILES string of the molecule is CNCC(O)c1[nH]nc2ncccc12. The van der Waals surface area contributed by atoms with Gasteiger partial charge in [-0.15, -0.1) is 0 Å². The van der Waals surface area contributed by atoms with Gasteiger partial charge in [-0.2, -0.15) is 5.10 Å². The average molecular weight is 192 g/mol. The number of likely N-dealkylation sites (N-methyl/N-ethyl adjacent to an activating group) is 1. The van der Waals surface area contributed by atoms with Gasteiger partial charge in [-0.3, -0.25) is 5.10 Å². The molecule has 3 N–H and O–H groups in total. The number of pyridine rings is 1. The van der Waals surface area contributed by atoms with Crippen molar-refractivity contribution in [2.75, 3.05) is 13.6 Å². The molecule has 0 aromatic carbocycles. The zero-order chi connectivity index (χ0) is 9.97. The lowest BCUT2D eigenvalue weighted by molar-refractivity contribution is 0.174. The zero-order valence-corrected chi connectivity index (χ0v) is 7.86. The molecule has 5 nitrogen and oxygen atoms in total. The summed E-state index contributed by atoms with van der Waals surface area (Å²) in [4.78, 5) is 4.07. The summed E-state index contributed by atoms with van der Waals surface area (Å²) < 4.78 is 0. The van der Waals surface area contributed by atoms with E-state index in [9.17, 15) is 5.11 Å². The fourth-order valence-corrected chi connectivity index (χ4v) is 1.42. The molecule has 0 aliphatic carbocycles. The summed E-state index contributed by atoms with van der Waals surface area (Å²) in [5.41, 5.74) is 1.35. The van der Waals surface area contributed by atoms with E-state index in [2.05, 4.69) is 20.5 Å². The highest BCUT2D eigenvalue weighted by Crippen LogP contribution is 2.18. The van der Waals surface area contributed by atoms with Crippen LogP contribution in [0.15, 0.2) is 18.3 Å². The molecule has 0 bridgehead atoms. The predicted octanol–water partition coefficient (Wildman–Crippen LogP) is 0.211. The van der Waals surface area contributed by atoms with E-state index in [1.165, 1.54) is 0 Å². The van der Waals surface area contributed by atoms with Gasteiger partial charge in [-0.05, 0) is 19.2 Å². The van der Waals surface area contributed by atoms with E-state index in [-0.39, 0.29) is 0 Å². The summed E-state index contributed by atoms with van der Waals surface area (Å²) in [5.74, 6) is 0. The predicted molar refractivity (Wildman–Crippen MR) is 52.8 cm³/mol. The van der Waals surface area contributed by atoms with Gasteiger partial charge >= 0.3 is 0 Å². The van der Waals surface area contributed by atoms with Crippen molar-refractivity contribution in [1.82, 2.24) is 20.5 Å². The number of hydrogen-bond acceptors (Lipinski definition) is 4. The molecule has 1 atom stereocenters. The van der Waals surface area contributed by atoms with Crippen LogP contribution in [0.2, 0.25) is 0 Å². The molecule has 0 spiro atoms. The first-order valence-electron chi connectivity index (χ1n) is 4.44. The third-order valence-corrected chi connectivity index (χ3v) is 2.09. The Morgan fingerprint density at radius 1 is 1.64 bits per heavy atom. The van der Waals surface area contributed by atoms with Crippen molar-refractivity contribution in [3.05, 3.63) is 24.0 Å². The number of aromatic nitrogens is 3. The van der Waals surface area contributed by atoms with Gasteiger partial charge in [0, 0.05) is 18.1 Å². The Bertz CT molecular complexity index is 425. The second kappa shape index (κ2) is 3.73. The van der Waals surface area contributed by atoms with Crippen LogP contribution < -0.4 is 5.32 Å². The van der Waals surface area contributed by atoms with E-state index in [0.29, 0.717) is 17.9 Å². The second-order valence-corrected chi connectivity index (χ2v) is 3.09. The van der Waals surface area contributed by atoms with Gasteiger partial charge in [-0.1, -0.05) is 0 Å². The van der Waals surface area contributed by atoms with E-state index >= 15 is 0 Å². The van der Waals surface area contributed by atoms with Gasteiger partial charge in [0.2, 0.25) is 0 Å². The lowest BCUT2D eigenvalue weighted by Crippen LogP contribution is -2.17. The summed E-state index contributed by atoms with van der Waals surface area (Å²) >= 11 is 0. The van der Waals surface area contributed by atoms with E-state index in [1.807, 2.05) is 12.1 Å². The summed E-state index contributed by atoms with van der Waals surface area (Å²) in [6, 6.07) is 3.72. The minimum absolute atomic E-state index is 0.492. The van der Waals surface area contributed by atoms with E-state index in [0.717, 1.165) is 5.39 Å². The summed E-state index contributed by atoms with van der Waals surface area (Å²) in [6.07, 6.45) is 1.10. The number of nitrogens with one attached hydrogen (secondary N) is 2. The molecule has 0 aliphatic rings. The fourth-order valence-electron chi connectivity index (χ4n) is 1.42. The molecule has 14 heavy (non-hydrogen) atoms. The van der Waals surface area contributed by atoms with Crippen molar-refractivity contribution in [3.63, 3.8) is 0 Å². The Balaban J connectivity index is 2.42. The van der Waals surface area contributed by atoms with Gasteiger partial charge in [0.15, 0.2) is 5.65 Å². The maximum absolute atomic E-state index is 9.75. The summed E-state index contributed by atoms with van der Waals surface area (Å²) in [5, 5.41) is 20.3. The van der Waals surface area contributed by atoms with Gasteiger partial charge in [0.25, 0.3) is 0 Å². The number of rotatable bonds is 3. The topological polar surface area (TPSA) is 73.8 Å². The van der Waals surface area contributed by atoms with E-state index in [1.54, 1.807) is 13.2 Å². The van der Waals surface area contributed by atoms with Crippen molar-refractivity contribution in [1.29, 1.82) is 0 Å². The molecule has 1 unspecified atom stereocenters. The monoisotopic (exact) mass is 192 g/mol. The Labute approximate surface area is 81.2 Å². The molecule has 2 aromatic heterocycles. The quantitative estimate of drug-likeness (QED) is 0.650. The van der Waals surface area contributed by atoms with Crippen LogP contribution in [-0.2, 0) is 0 Å². The van der Waals surface area contributed by atoms with Crippen LogP contribution in [0.3, 0.4) is 0 Å². The third kappa shape index (κ3) is 1.47. The Hall–Kier alpha value is -1.46. The first-order valence-corrected chi connectivity index (χ1v) is 4.44. The molecule has 0 fully saturated rings. The lowest BCUT2D eigenvalue weighted by atomic mass is 10.2. The second-order valence-electron chi connectivity index (χ2n) is 3.09. The van der Waals surface area contributed by atoms with E-state index < -0.39 is 6.10 Å². The zero-order valence-electron chi connectivity index (χ0n) is 7.86. The smallest absolute Gasteiger partial charge is 0.181 e. The molecule has 2 aromatic rings. The van der Waals surface area contributed by atoms with Crippen molar-refractivity contribution in [2.24, 2.45) is 0 Å². The molecule has 0 radical (unpaired) electrons. The molecular weight excluding hydrogens is 180 g/mol. The number of fused-ring (bicyclic) bond motifs is 1. The normalized spacial score (nSPS) is 13.3. The number of H-pyrrole nitrogens is 1. The highest BCUT2D eigenvalue weighted by Gasteiger charge is 2.13. The minimum Gasteiger partial charge on any atom is -0.385 e. The largest absolute Gasteiger partial charge is 0.385 e. The Kier molecular flexibility index (Phi) is 2.43. The Morgan fingerprint density at radius 3 is 3.29 bits per heavy atom. The standard InChI is InChI=1S/C9H12N4O/c1-10-5-7(14)8-6-3-2-4-11-9(6)13-12-8/h2-4,7,10,14H,5H2,1H3,(H,11,12,13). The highest BCUT2D eigenvalue weighted by atomic mass is 16.3. The molecule has 0 saturated carbocycles. The van der Waals surface area contributed by atoms with Gasteiger partial charge in [0.05, 0.1) is 5.69 Å². The molecular formula is C9H12N4O. The molecule has 74 valence electrons. The average Bonchev–Trinajstić information content (AvgIpc) is 2.61. The third-order valence-electron chi connectivity index (χ3n) is 2.09. The number of aliphatic hydroxyl groups excluding tert-OH is 1. The number of aliphatic hydroxyl groups is 1. The maximum Gasteiger partial charge on any atom is 0.181 e. The van der Waals surface area contributed by atoms with Crippen LogP contribution in [0.1, 0.15) is 11.8 Å². The Morgan fingerprint density at radius 2 is 2.50 bits per heavy atom. The highest BCUT2D eigenvalue weighted by molar-refractivity contribution is 5.77. The first-order chi connectivity index (χ1) is 6.83.